The van der Waals surface area contributed by atoms with Crippen molar-refractivity contribution < 1.29 is 13.7 Å². The van der Waals surface area contributed by atoms with Crippen molar-refractivity contribution in [2.75, 3.05) is 13.1 Å². The molecule has 2 aliphatic rings. The lowest BCUT2D eigenvalue weighted by Gasteiger charge is -2.40. The molecule has 0 unspecified atom stereocenters. The molecule has 0 bridgehead atoms. The van der Waals surface area contributed by atoms with Crippen molar-refractivity contribution in [3.05, 3.63) is 54.1 Å². The molecule has 3 aromatic rings. The highest BCUT2D eigenvalue weighted by Crippen LogP contribution is 2.46. The SMILES string of the molecule is O=C(c1cnc[nH]1)N1CCC(CC2CC2)(c2noc(-c3ccc(F)cc3)n2)CC1. The van der Waals surface area contributed by atoms with Crippen LogP contribution in [0.5, 0.6) is 0 Å². The Morgan fingerprint density at radius 1 is 1.24 bits per heavy atom. The minimum atomic E-state index is -0.298. The van der Waals surface area contributed by atoms with Crippen molar-refractivity contribution in [1.82, 2.24) is 25.0 Å². The fourth-order valence-corrected chi connectivity index (χ4v) is 4.22. The van der Waals surface area contributed by atoms with E-state index in [9.17, 15) is 9.18 Å². The van der Waals surface area contributed by atoms with Crippen LogP contribution in [0.1, 0.15) is 48.4 Å². The smallest absolute Gasteiger partial charge is 0.271 e. The zero-order valence-corrected chi connectivity index (χ0v) is 16.0. The highest BCUT2D eigenvalue weighted by atomic mass is 19.1. The number of carbonyl (C=O) groups excluding carboxylic acids is 1. The lowest BCUT2D eigenvalue weighted by atomic mass is 9.73. The first-order chi connectivity index (χ1) is 14.1. The van der Waals surface area contributed by atoms with Gasteiger partial charge in [0.05, 0.1) is 12.5 Å². The van der Waals surface area contributed by atoms with Gasteiger partial charge in [-0.2, -0.15) is 4.98 Å². The van der Waals surface area contributed by atoms with Crippen molar-refractivity contribution in [1.29, 1.82) is 0 Å². The number of nitrogens with zero attached hydrogens (tertiary/aromatic N) is 4. The van der Waals surface area contributed by atoms with Gasteiger partial charge in [0.25, 0.3) is 11.8 Å². The Morgan fingerprint density at radius 3 is 2.66 bits per heavy atom. The van der Waals surface area contributed by atoms with E-state index in [4.69, 9.17) is 4.52 Å². The Balaban J connectivity index is 1.37. The van der Waals surface area contributed by atoms with Gasteiger partial charge >= 0.3 is 0 Å². The second-order valence-corrected chi connectivity index (χ2v) is 8.12. The van der Waals surface area contributed by atoms with Crippen LogP contribution in [-0.2, 0) is 5.41 Å². The van der Waals surface area contributed by atoms with Crippen molar-refractivity contribution in [3.8, 4) is 11.5 Å². The van der Waals surface area contributed by atoms with E-state index in [1.54, 1.807) is 18.3 Å². The van der Waals surface area contributed by atoms with E-state index in [2.05, 4.69) is 20.1 Å². The minimum absolute atomic E-state index is 0.0253. The first-order valence-corrected chi connectivity index (χ1v) is 10.0. The predicted octanol–water partition coefficient (Wildman–Crippen LogP) is 3.57. The number of piperidine rings is 1. The number of benzene rings is 1. The van der Waals surface area contributed by atoms with Crippen LogP contribution in [-0.4, -0.2) is 44.0 Å². The van der Waals surface area contributed by atoms with Crippen LogP contribution in [0.3, 0.4) is 0 Å². The Kier molecular flexibility index (Phi) is 4.41. The van der Waals surface area contributed by atoms with Crippen LogP contribution in [0.25, 0.3) is 11.5 Å². The highest BCUT2D eigenvalue weighted by Gasteiger charge is 2.45. The monoisotopic (exact) mass is 395 g/mol. The fourth-order valence-electron chi connectivity index (χ4n) is 4.22. The van der Waals surface area contributed by atoms with Gasteiger partial charge < -0.3 is 14.4 Å². The van der Waals surface area contributed by atoms with Gasteiger partial charge in [0.1, 0.15) is 11.5 Å². The molecule has 1 N–H and O–H groups in total. The van der Waals surface area contributed by atoms with Gasteiger partial charge in [-0.15, -0.1) is 0 Å². The summed E-state index contributed by atoms with van der Waals surface area (Å²) < 4.78 is 18.7. The van der Waals surface area contributed by atoms with Gasteiger partial charge in [-0.25, -0.2) is 9.37 Å². The van der Waals surface area contributed by atoms with Gasteiger partial charge in [0.15, 0.2) is 5.82 Å². The van der Waals surface area contributed by atoms with Crippen LogP contribution in [0.4, 0.5) is 4.39 Å². The standard InChI is InChI=1S/C21H22FN5O2/c22-16-5-3-15(4-6-16)18-25-20(26-29-18)21(11-14-1-2-14)7-9-27(10-8-21)19(28)17-12-23-13-24-17/h3-6,12-14H,1-2,7-11H2,(H,23,24). The van der Waals surface area contributed by atoms with E-state index in [0.29, 0.717) is 42.0 Å². The second kappa shape index (κ2) is 7.09. The summed E-state index contributed by atoms with van der Waals surface area (Å²) in [5, 5.41) is 4.31. The molecule has 1 amide bonds. The number of imidazole rings is 1. The largest absolute Gasteiger partial charge is 0.341 e. The van der Waals surface area contributed by atoms with Crippen molar-refractivity contribution >= 4 is 5.91 Å². The number of halogens is 1. The lowest BCUT2D eigenvalue weighted by molar-refractivity contribution is 0.0640. The molecule has 1 aliphatic heterocycles. The molecule has 2 aromatic heterocycles. The third kappa shape index (κ3) is 3.54. The van der Waals surface area contributed by atoms with Crippen molar-refractivity contribution in [3.63, 3.8) is 0 Å². The Hall–Kier alpha value is -3.03. The number of nitrogens with one attached hydrogen (secondary N) is 1. The Bertz CT molecular complexity index is 987. The van der Waals surface area contributed by atoms with Crippen LogP contribution in [0, 0.1) is 11.7 Å². The maximum Gasteiger partial charge on any atom is 0.271 e. The topological polar surface area (TPSA) is 87.9 Å². The average Bonchev–Trinajstić information content (AvgIpc) is 3.21. The summed E-state index contributed by atoms with van der Waals surface area (Å²) in [5.41, 5.74) is 1.03. The molecule has 5 rings (SSSR count). The van der Waals surface area contributed by atoms with Crippen LogP contribution >= 0.6 is 0 Å². The van der Waals surface area contributed by atoms with Crippen molar-refractivity contribution in [2.45, 2.75) is 37.5 Å². The maximum absolute atomic E-state index is 13.2. The predicted molar refractivity (Wildman–Crippen MR) is 102 cm³/mol. The van der Waals surface area contributed by atoms with E-state index < -0.39 is 0 Å². The summed E-state index contributed by atoms with van der Waals surface area (Å²) in [7, 11) is 0. The zero-order chi connectivity index (χ0) is 19.8. The Morgan fingerprint density at radius 2 is 2.00 bits per heavy atom. The molecule has 1 aliphatic carbocycles. The van der Waals surface area contributed by atoms with Gasteiger partial charge in [0.2, 0.25) is 0 Å². The molecular weight excluding hydrogens is 373 g/mol. The first kappa shape index (κ1) is 18.0. The molecule has 0 radical (unpaired) electrons. The zero-order valence-electron chi connectivity index (χ0n) is 16.0. The van der Waals surface area contributed by atoms with E-state index in [1.165, 1.54) is 31.3 Å². The normalized spacial score (nSPS) is 18.7. The molecule has 0 atom stereocenters. The molecule has 1 aromatic carbocycles. The number of aromatic amines is 1. The number of rotatable bonds is 5. The van der Waals surface area contributed by atoms with Gasteiger partial charge in [-0.1, -0.05) is 18.0 Å². The summed E-state index contributed by atoms with van der Waals surface area (Å²) in [5.74, 6) is 1.48. The maximum atomic E-state index is 13.2. The van der Waals surface area contributed by atoms with Crippen LogP contribution < -0.4 is 0 Å². The van der Waals surface area contributed by atoms with Crippen LogP contribution in [0.15, 0.2) is 41.3 Å². The summed E-state index contributed by atoms with van der Waals surface area (Å²) in [6, 6.07) is 6.06. The van der Waals surface area contributed by atoms with E-state index >= 15 is 0 Å². The Labute approximate surface area is 167 Å². The molecule has 8 heteroatoms. The first-order valence-electron chi connectivity index (χ1n) is 10.0. The van der Waals surface area contributed by atoms with Gasteiger partial charge in [-0.05, 0) is 49.4 Å². The van der Waals surface area contributed by atoms with E-state index in [1.807, 2.05) is 4.90 Å². The molecule has 0 spiro atoms. The number of hydrogen-bond acceptors (Lipinski definition) is 5. The van der Waals surface area contributed by atoms with E-state index in [0.717, 1.165) is 19.3 Å². The van der Waals surface area contributed by atoms with E-state index in [-0.39, 0.29) is 17.1 Å². The molecular formula is C21H22FN5O2. The summed E-state index contributed by atoms with van der Waals surface area (Å²) in [6.45, 7) is 1.29. The molecule has 7 nitrogen and oxygen atoms in total. The highest BCUT2D eigenvalue weighted by molar-refractivity contribution is 5.92. The number of amides is 1. The van der Waals surface area contributed by atoms with Gasteiger partial charge in [-0.3, -0.25) is 4.79 Å². The molecule has 3 heterocycles. The summed E-state index contributed by atoms with van der Waals surface area (Å²) in [6.07, 6.45) is 8.16. The average molecular weight is 395 g/mol. The third-order valence-corrected chi connectivity index (χ3v) is 6.10. The number of aromatic nitrogens is 4. The number of hydrogen-bond donors (Lipinski definition) is 1. The number of carbonyl (C=O) groups is 1. The lowest BCUT2D eigenvalue weighted by Crippen LogP contribution is -2.46. The van der Waals surface area contributed by atoms with Crippen LogP contribution in [0.2, 0.25) is 0 Å². The molecule has 2 fully saturated rings. The third-order valence-electron chi connectivity index (χ3n) is 6.10. The minimum Gasteiger partial charge on any atom is -0.341 e. The summed E-state index contributed by atoms with van der Waals surface area (Å²) >= 11 is 0. The van der Waals surface area contributed by atoms with Crippen molar-refractivity contribution in [2.24, 2.45) is 5.92 Å². The second-order valence-electron chi connectivity index (χ2n) is 8.12. The summed E-state index contributed by atoms with van der Waals surface area (Å²) in [4.78, 5) is 26.0. The number of likely N-dealkylation sites (tertiary alicyclic amines) is 1. The fraction of sp³-hybridized carbons (Fsp3) is 0.429. The van der Waals surface area contributed by atoms with Gasteiger partial charge in [0, 0.05) is 24.1 Å². The molecule has 1 saturated carbocycles. The molecule has 150 valence electrons. The quantitative estimate of drug-likeness (QED) is 0.713. The molecule has 29 heavy (non-hydrogen) atoms. The number of H-pyrrole nitrogens is 1. The molecule has 1 saturated heterocycles.